The SMILES string of the molecule is COc1ccccc1NC(=O)c1ccnc(Nc2cc(Cl)ccc2OC)c1. The minimum Gasteiger partial charge on any atom is -0.495 e. The zero-order chi connectivity index (χ0) is 19.2. The lowest BCUT2D eigenvalue weighted by Crippen LogP contribution is -2.13. The summed E-state index contributed by atoms with van der Waals surface area (Å²) in [6, 6.07) is 15.7. The average Bonchev–Trinajstić information content (AvgIpc) is 2.69. The van der Waals surface area contributed by atoms with Crippen LogP contribution in [0, 0.1) is 0 Å². The van der Waals surface area contributed by atoms with Gasteiger partial charge in [-0.25, -0.2) is 4.98 Å². The second kappa shape index (κ2) is 8.42. The van der Waals surface area contributed by atoms with E-state index in [1.165, 1.54) is 0 Å². The van der Waals surface area contributed by atoms with Crippen LogP contribution in [-0.4, -0.2) is 25.1 Å². The van der Waals surface area contributed by atoms with Crippen LogP contribution < -0.4 is 20.1 Å². The van der Waals surface area contributed by atoms with E-state index in [0.29, 0.717) is 39.3 Å². The topological polar surface area (TPSA) is 72.5 Å². The summed E-state index contributed by atoms with van der Waals surface area (Å²) in [7, 11) is 3.12. The summed E-state index contributed by atoms with van der Waals surface area (Å²) in [5.41, 5.74) is 1.69. The molecule has 1 amide bonds. The van der Waals surface area contributed by atoms with Crippen LogP contribution in [0.25, 0.3) is 0 Å². The number of methoxy groups -OCH3 is 2. The van der Waals surface area contributed by atoms with E-state index in [2.05, 4.69) is 15.6 Å². The van der Waals surface area contributed by atoms with Crippen LogP contribution in [0.3, 0.4) is 0 Å². The van der Waals surface area contributed by atoms with Crippen LogP contribution in [0.1, 0.15) is 10.4 Å². The zero-order valence-corrected chi connectivity index (χ0v) is 15.6. The number of carbonyl (C=O) groups excluding carboxylic acids is 1. The third-order valence-electron chi connectivity index (χ3n) is 3.80. The van der Waals surface area contributed by atoms with Crippen molar-refractivity contribution in [3.8, 4) is 11.5 Å². The molecule has 0 unspecified atom stereocenters. The summed E-state index contributed by atoms with van der Waals surface area (Å²) in [6.07, 6.45) is 1.55. The number of carbonyl (C=O) groups is 1. The Kier molecular flexibility index (Phi) is 5.78. The number of nitrogens with zero attached hydrogens (tertiary/aromatic N) is 1. The van der Waals surface area contributed by atoms with Gasteiger partial charge in [0, 0.05) is 16.8 Å². The van der Waals surface area contributed by atoms with Crippen molar-refractivity contribution in [3.05, 3.63) is 71.4 Å². The molecule has 27 heavy (non-hydrogen) atoms. The number of para-hydroxylation sites is 2. The first kappa shape index (κ1) is 18.5. The number of aromatic nitrogens is 1. The lowest BCUT2D eigenvalue weighted by molar-refractivity contribution is 0.102. The van der Waals surface area contributed by atoms with Gasteiger partial charge in [-0.1, -0.05) is 23.7 Å². The standard InChI is InChI=1S/C20H18ClN3O3/c1-26-17-6-4-3-5-15(17)24-20(25)13-9-10-22-19(11-13)23-16-12-14(21)7-8-18(16)27-2/h3-12H,1-2H3,(H,22,23)(H,24,25). The number of hydrogen-bond donors (Lipinski definition) is 2. The van der Waals surface area contributed by atoms with Crippen molar-refractivity contribution in [1.82, 2.24) is 4.98 Å². The van der Waals surface area contributed by atoms with Gasteiger partial charge in [0.2, 0.25) is 0 Å². The quantitative estimate of drug-likeness (QED) is 0.642. The molecule has 1 heterocycles. The van der Waals surface area contributed by atoms with E-state index in [0.717, 1.165) is 0 Å². The lowest BCUT2D eigenvalue weighted by Gasteiger charge is -2.12. The molecule has 0 saturated carbocycles. The number of amides is 1. The van der Waals surface area contributed by atoms with E-state index >= 15 is 0 Å². The summed E-state index contributed by atoms with van der Waals surface area (Å²) in [6.45, 7) is 0. The molecule has 0 radical (unpaired) electrons. The van der Waals surface area contributed by atoms with E-state index in [1.54, 1.807) is 62.9 Å². The average molecular weight is 384 g/mol. The number of rotatable bonds is 6. The molecule has 3 aromatic rings. The number of anilines is 3. The van der Waals surface area contributed by atoms with Crippen molar-refractivity contribution in [2.24, 2.45) is 0 Å². The molecule has 0 spiro atoms. The number of nitrogens with one attached hydrogen (secondary N) is 2. The van der Waals surface area contributed by atoms with E-state index in [9.17, 15) is 4.79 Å². The van der Waals surface area contributed by atoms with Gasteiger partial charge in [-0.3, -0.25) is 4.79 Å². The van der Waals surface area contributed by atoms with Crippen LogP contribution in [0.4, 0.5) is 17.2 Å². The van der Waals surface area contributed by atoms with Gasteiger partial charge >= 0.3 is 0 Å². The number of ether oxygens (including phenoxy) is 2. The van der Waals surface area contributed by atoms with E-state index in [-0.39, 0.29) is 5.91 Å². The maximum atomic E-state index is 12.6. The van der Waals surface area contributed by atoms with Crippen LogP contribution in [0.15, 0.2) is 60.8 Å². The minimum atomic E-state index is -0.275. The number of benzene rings is 2. The van der Waals surface area contributed by atoms with Gasteiger partial charge in [0.25, 0.3) is 5.91 Å². The van der Waals surface area contributed by atoms with Crippen LogP contribution in [0.2, 0.25) is 5.02 Å². The summed E-state index contributed by atoms with van der Waals surface area (Å²) >= 11 is 6.05. The molecular weight excluding hydrogens is 366 g/mol. The second-order valence-electron chi connectivity index (χ2n) is 5.55. The molecule has 0 aliphatic rings. The molecule has 0 saturated heterocycles. The smallest absolute Gasteiger partial charge is 0.255 e. The Morgan fingerprint density at radius 1 is 0.963 bits per heavy atom. The fourth-order valence-corrected chi connectivity index (χ4v) is 2.67. The number of halogens is 1. The van der Waals surface area contributed by atoms with Crippen molar-refractivity contribution < 1.29 is 14.3 Å². The normalized spacial score (nSPS) is 10.2. The molecule has 1 aromatic heterocycles. The molecule has 3 rings (SSSR count). The van der Waals surface area contributed by atoms with Gasteiger partial charge in [0.1, 0.15) is 17.3 Å². The summed E-state index contributed by atoms with van der Waals surface area (Å²) in [5.74, 6) is 1.42. The van der Waals surface area contributed by atoms with Crippen molar-refractivity contribution in [1.29, 1.82) is 0 Å². The van der Waals surface area contributed by atoms with Gasteiger partial charge in [0.05, 0.1) is 25.6 Å². The van der Waals surface area contributed by atoms with E-state index in [4.69, 9.17) is 21.1 Å². The van der Waals surface area contributed by atoms with Gasteiger partial charge in [-0.15, -0.1) is 0 Å². The molecule has 0 aliphatic heterocycles. The first-order chi connectivity index (χ1) is 13.1. The Labute approximate surface area is 162 Å². The molecule has 138 valence electrons. The highest BCUT2D eigenvalue weighted by Gasteiger charge is 2.11. The lowest BCUT2D eigenvalue weighted by atomic mass is 10.2. The highest BCUT2D eigenvalue weighted by Crippen LogP contribution is 2.30. The van der Waals surface area contributed by atoms with Gasteiger partial charge < -0.3 is 20.1 Å². The predicted octanol–water partition coefficient (Wildman–Crippen LogP) is 4.75. The summed E-state index contributed by atoms with van der Waals surface area (Å²) < 4.78 is 10.6. The third kappa shape index (κ3) is 4.48. The predicted molar refractivity (Wildman–Crippen MR) is 106 cm³/mol. The highest BCUT2D eigenvalue weighted by atomic mass is 35.5. The van der Waals surface area contributed by atoms with Crippen LogP contribution in [-0.2, 0) is 0 Å². The van der Waals surface area contributed by atoms with Crippen LogP contribution in [0.5, 0.6) is 11.5 Å². The zero-order valence-electron chi connectivity index (χ0n) is 14.8. The monoisotopic (exact) mass is 383 g/mol. The molecule has 0 bridgehead atoms. The molecular formula is C20H18ClN3O3. The number of pyridine rings is 1. The van der Waals surface area contributed by atoms with E-state index in [1.807, 2.05) is 12.1 Å². The van der Waals surface area contributed by atoms with E-state index < -0.39 is 0 Å². The molecule has 0 fully saturated rings. The van der Waals surface area contributed by atoms with Crippen molar-refractivity contribution >= 4 is 34.7 Å². The first-order valence-corrected chi connectivity index (χ1v) is 8.49. The Hall–Kier alpha value is -3.25. The summed E-state index contributed by atoms with van der Waals surface area (Å²) in [5, 5.41) is 6.51. The van der Waals surface area contributed by atoms with Gasteiger partial charge in [-0.2, -0.15) is 0 Å². The minimum absolute atomic E-state index is 0.275. The molecule has 2 aromatic carbocycles. The Morgan fingerprint density at radius 3 is 2.48 bits per heavy atom. The maximum Gasteiger partial charge on any atom is 0.255 e. The molecule has 7 heteroatoms. The first-order valence-electron chi connectivity index (χ1n) is 8.11. The summed E-state index contributed by atoms with van der Waals surface area (Å²) in [4.78, 5) is 16.8. The molecule has 0 aliphatic carbocycles. The highest BCUT2D eigenvalue weighted by molar-refractivity contribution is 6.31. The fourth-order valence-electron chi connectivity index (χ4n) is 2.50. The molecule has 0 atom stereocenters. The molecule has 2 N–H and O–H groups in total. The largest absolute Gasteiger partial charge is 0.495 e. The van der Waals surface area contributed by atoms with Crippen molar-refractivity contribution in [2.45, 2.75) is 0 Å². The maximum absolute atomic E-state index is 12.6. The Balaban J connectivity index is 1.81. The molecule has 6 nitrogen and oxygen atoms in total. The van der Waals surface area contributed by atoms with Gasteiger partial charge in [0.15, 0.2) is 0 Å². The van der Waals surface area contributed by atoms with Gasteiger partial charge in [-0.05, 0) is 42.5 Å². The van der Waals surface area contributed by atoms with Crippen molar-refractivity contribution in [2.75, 3.05) is 24.9 Å². The Bertz CT molecular complexity index is 963. The Morgan fingerprint density at radius 2 is 1.70 bits per heavy atom. The fraction of sp³-hybridized carbons (Fsp3) is 0.100. The third-order valence-corrected chi connectivity index (χ3v) is 4.04. The number of hydrogen-bond acceptors (Lipinski definition) is 5. The van der Waals surface area contributed by atoms with Crippen molar-refractivity contribution in [3.63, 3.8) is 0 Å². The van der Waals surface area contributed by atoms with Crippen LogP contribution >= 0.6 is 11.6 Å². The second-order valence-corrected chi connectivity index (χ2v) is 5.99.